The molecule has 0 amide bonds. The Balaban J connectivity index is 0.000000186. The second-order valence-electron chi connectivity index (χ2n) is 5.02. The molecule has 3 rings (SSSR count). The molecule has 8 nitrogen and oxygen atoms in total. The zero-order valence-corrected chi connectivity index (χ0v) is 14.2. The monoisotopic (exact) mass is 381 g/mol. The molecule has 0 spiro atoms. The van der Waals surface area contributed by atoms with Crippen LogP contribution in [-0.2, 0) is 11.2 Å². The van der Waals surface area contributed by atoms with E-state index in [9.17, 15) is 25.0 Å². The Morgan fingerprint density at radius 3 is 2.24 bits per heavy atom. The number of hydrogen-bond acceptors (Lipinski definition) is 7. The van der Waals surface area contributed by atoms with Gasteiger partial charge in [-0.15, -0.1) is 11.8 Å². The Bertz CT molecular complexity index is 859. The minimum absolute atomic E-state index is 0.0492. The van der Waals surface area contributed by atoms with Crippen molar-refractivity contribution in [1.29, 1.82) is 0 Å². The molecule has 130 valence electrons. The summed E-state index contributed by atoms with van der Waals surface area (Å²) >= 11 is 6.98. The molecule has 25 heavy (non-hydrogen) atoms. The van der Waals surface area contributed by atoms with Crippen molar-refractivity contribution >= 4 is 46.2 Å². The van der Waals surface area contributed by atoms with Gasteiger partial charge in [0.15, 0.2) is 0 Å². The number of fused-ring (bicyclic) bond motifs is 1. The molecular formula is C15H12ClN3O5S. The lowest BCUT2D eigenvalue weighted by molar-refractivity contribution is -0.385. The Labute approximate surface area is 151 Å². The maximum atomic E-state index is 11.1. The predicted molar refractivity (Wildman–Crippen MR) is 95.1 cm³/mol. The van der Waals surface area contributed by atoms with Crippen molar-refractivity contribution in [3.8, 4) is 0 Å². The highest BCUT2D eigenvalue weighted by Crippen LogP contribution is 2.31. The second-order valence-corrected chi connectivity index (χ2v) is 6.44. The largest absolute Gasteiger partial charge is 0.397 e. The summed E-state index contributed by atoms with van der Waals surface area (Å²) in [7, 11) is 0. The second kappa shape index (κ2) is 7.95. The van der Waals surface area contributed by atoms with Crippen LogP contribution in [0.15, 0.2) is 41.3 Å². The summed E-state index contributed by atoms with van der Waals surface area (Å²) in [6, 6.07) is 8.60. The summed E-state index contributed by atoms with van der Waals surface area (Å²) in [4.78, 5) is 31.8. The fraction of sp³-hybridized carbons (Fsp3) is 0.133. The molecule has 0 radical (unpaired) electrons. The van der Waals surface area contributed by atoms with E-state index < -0.39 is 9.85 Å². The number of benzene rings is 2. The number of ketones is 1. The van der Waals surface area contributed by atoms with E-state index in [0.29, 0.717) is 17.2 Å². The van der Waals surface area contributed by atoms with E-state index in [4.69, 9.17) is 17.3 Å². The maximum absolute atomic E-state index is 11.1. The van der Waals surface area contributed by atoms with Gasteiger partial charge in [0.1, 0.15) is 5.78 Å². The lowest BCUT2D eigenvalue weighted by Gasteiger charge is -2.12. The molecule has 1 aliphatic rings. The van der Waals surface area contributed by atoms with Crippen molar-refractivity contribution in [3.05, 3.63) is 67.2 Å². The smallest absolute Gasteiger partial charge is 0.271 e. The molecule has 0 fully saturated rings. The van der Waals surface area contributed by atoms with Crippen LogP contribution in [0.5, 0.6) is 0 Å². The van der Waals surface area contributed by atoms with Gasteiger partial charge in [0, 0.05) is 35.6 Å². The van der Waals surface area contributed by atoms with E-state index in [2.05, 4.69) is 0 Å². The van der Waals surface area contributed by atoms with Gasteiger partial charge in [0.2, 0.25) is 0 Å². The van der Waals surface area contributed by atoms with Crippen LogP contribution < -0.4 is 5.73 Å². The number of thioether (sulfide) groups is 1. The Kier molecular flexibility index (Phi) is 5.94. The molecule has 0 unspecified atom stereocenters. The molecule has 1 heterocycles. The average molecular weight is 382 g/mol. The number of nitro benzene ring substituents is 2. The van der Waals surface area contributed by atoms with Gasteiger partial charge < -0.3 is 5.73 Å². The zero-order chi connectivity index (χ0) is 18.6. The predicted octanol–water partition coefficient (Wildman–Crippen LogP) is 3.64. The van der Waals surface area contributed by atoms with Crippen LogP contribution in [-0.4, -0.2) is 21.4 Å². The topological polar surface area (TPSA) is 129 Å². The molecule has 0 saturated carbocycles. The van der Waals surface area contributed by atoms with E-state index in [1.165, 1.54) is 42.1 Å². The number of hydrogen-bond donors (Lipinski definition) is 1. The summed E-state index contributed by atoms with van der Waals surface area (Å²) in [5.41, 5.74) is 6.33. The van der Waals surface area contributed by atoms with Crippen LogP contribution in [0.1, 0.15) is 5.56 Å². The molecule has 2 aromatic rings. The average Bonchev–Trinajstić information content (AvgIpc) is 2.57. The van der Waals surface area contributed by atoms with E-state index >= 15 is 0 Å². The first-order valence-corrected chi connectivity index (χ1v) is 8.25. The van der Waals surface area contributed by atoms with Crippen molar-refractivity contribution in [2.75, 3.05) is 11.5 Å². The summed E-state index contributed by atoms with van der Waals surface area (Å²) in [6.07, 6.45) is 0.323. The van der Waals surface area contributed by atoms with Crippen molar-refractivity contribution < 1.29 is 14.6 Å². The third kappa shape index (κ3) is 4.91. The van der Waals surface area contributed by atoms with Gasteiger partial charge >= 0.3 is 0 Å². The maximum Gasteiger partial charge on any atom is 0.271 e. The van der Waals surface area contributed by atoms with Crippen molar-refractivity contribution in [1.82, 2.24) is 0 Å². The molecule has 0 saturated heterocycles. The van der Waals surface area contributed by atoms with Gasteiger partial charge in [-0.2, -0.15) is 0 Å². The van der Waals surface area contributed by atoms with Gasteiger partial charge in [-0.25, -0.2) is 0 Å². The Morgan fingerprint density at radius 1 is 1.04 bits per heavy atom. The van der Waals surface area contributed by atoms with Crippen LogP contribution in [0.25, 0.3) is 0 Å². The Hall–Kier alpha value is -2.65. The standard InChI is InChI=1S/C9H7NO3S.C6H5ClN2O2/c11-8-4-6-3-7(10(12)13)1-2-9(6)14-5-8;7-5-2-1-4(9(10)11)3-6(5)8/h1-3H,4-5H2;1-3H,8H2. The molecule has 0 bridgehead atoms. The van der Waals surface area contributed by atoms with Crippen LogP contribution in [0.3, 0.4) is 0 Å². The van der Waals surface area contributed by atoms with Crippen molar-refractivity contribution in [2.45, 2.75) is 11.3 Å². The first-order chi connectivity index (χ1) is 11.8. The van der Waals surface area contributed by atoms with Crippen molar-refractivity contribution in [3.63, 3.8) is 0 Å². The molecule has 2 aromatic carbocycles. The molecular weight excluding hydrogens is 370 g/mol. The van der Waals surface area contributed by atoms with E-state index in [-0.39, 0.29) is 22.8 Å². The first-order valence-electron chi connectivity index (χ1n) is 6.89. The van der Waals surface area contributed by atoms with Crippen LogP contribution in [0.2, 0.25) is 5.02 Å². The minimum Gasteiger partial charge on any atom is -0.397 e. The summed E-state index contributed by atoms with van der Waals surface area (Å²) < 4.78 is 0. The number of nitrogens with two attached hydrogens (primary N) is 1. The van der Waals surface area contributed by atoms with Crippen molar-refractivity contribution in [2.24, 2.45) is 0 Å². The Morgan fingerprint density at radius 2 is 1.64 bits per heavy atom. The lowest BCUT2D eigenvalue weighted by Crippen LogP contribution is -2.11. The molecule has 2 N–H and O–H groups in total. The molecule has 0 atom stereocenters. The van der Waals surface area contributed by atoms with E-state index in [0.717, 1.165) is 10.5 Å². The number of halogens is 1. The summed E-state index contributed by atoms with van der Waals surface area (Å²) in [5, 5.41) is 21.0. The highest BCUT2D eigenvalue weighted by Gasteiger charge is 2.18. The highest BCUT2D eigenvalue weighted by molar-refractivity contribution is 8.00. The quantitative estimate of drug-likeness (QED) is 0.477. The zero-order valence-electron chi connectivity index (χ0n) is 12.7. The van der Waals surface area contributed by atoms with Crippen LogP contribution in [0.4, 0.5) is 17.1 Å². The van der Waals surface area contributed by atoms with Gasteiger partial charge in [-0.3, -0.25) is 25.0 Å². The minimum atomic E-state index is -0.521. The van der Waals surface area contributed by atoms with Gasteiger partial charge in [0.05, 0.1) is 26.3 Å². The summed E-state index contributed by atoms with van der Waals surface area (Å²) in [5.74, 6) is 0.605. The number of carbonyl (C=O) groups is 1. The number of Topliss-reactive ketones (excluding diaryl/α,β-unsaturated/α-hetero) is 1. The van der Waals surface area contributed by atoms with Gasteiger partial charge in [-0.05, 0) is 17.7 Å². The number of rotatable bonds is 2. The number of nitrogen functional groups attached to an aromatic ring is 1. The molecule has 0 aromatic heterocycles. The number of nitrogens with zero attached hydrogens (tertiary/aromatic N) is 2. The van der Waals surface area contributed by atoms with Gasteiger partial charge in [-0.1, -0.05) is 11.6 Å². The normalized spacial score (nSPS) is 12.6. The third-order valence-corrected chi connectivity index (χ3v) is 4.74. The van der Waals surface area contributed by atoms with Crippen LogP contribution >= 0.6 is 23.4 Å². The molecule has 0 aliphatic carbocycles. The third-order valence-electron chi connectivity index (χ3n) is 3.22. The fourth-order valence-corrected chi connectivity index (χ4v) is 3.04. The SMILES string of the molecule is Nc1cc([N+](=O)[O-])ccc1Cl.O=C1CSc2ccc([N+](=O)[O-])cc2C1. The fourth-order valence-electron chi connectivity index (χ4n) is 2.02. The number of carbonyl (C=O) groups excluding carboxylic acids is 1. The summed E-state index contributed by atoms with van der Waals surface area (Å²) in [6.45, 7) is 0. The lowest BCUT2D eigenvalue weighted by atomic mass is 10.1. The number of nitro groups is 2. The number of anilines is 1. The first kappa shape index (κ1) is 18.7. The van der Waals surface area contributed by atoms with Gasteiger partial charge in [0.25, 0.3) is 11.4 Å². The molecule has 1 aliphatic heterocycles. The number of non-ortho nitro benzene ring substituents is 2. The van der Waals surface area contributed by atoms with E-state index in [1.54, 1.807) is 6.07 Å². The van der Waals surface area contributed by atoms with Crippen LogP contribution in [0, 0.1) is 20.2 Å². The van der Waals surface area contributed by atoms with E-state index in [1.807, 2.05) is 0 Å². The highest BCUT2D eigenvalue weighted by atomic mass is 35.5. The molecule has 10 heteroatoms.